The smallest absolute Gasteiger partial charge is 0.240 e. The molecular formula is C26H32N8O. The van der Waals surface area contributed by atoms with Gasteiger partial charge in [-0.05, 0) is 63.8 Å². The van der Waals surface area contributed by atoms with Crippen LogP contribution in [0.3, 0.4) is 0 Å². The number of hydrogen-bond acceptors (Lipinski definition) is 6. The lowest BCUT2D eigenvalue weighted by Gasteiger charge is -2.18. The zero-order valence-corrected chi connectivity index (χ0v) is 20.8. The van der Waals surface area contributed by atoms with Crippen LogP contribution in [0.1, 0.15) is 35.1 Å². The first-order valence-corrected chi connectivity index (χ1v) is 12.2. The molecule has 182 valence electrons. The summed E-state index contributed by atoms with van der Waals surface area (Å²) in [4.78, 5) is 4.63. The number of aromatic amines is 1. The maximum Gasteiger partial charge on any atom is 0.240 e. The molecule has 1 aromatic carbocycles. The first-order chi connectivity index (χ1) is 17.0. The second kappa shape index (κ2) is 8.66. The average Bonchev–Trinajstić information content (AvgIpc) is 3.60. The van der Waals surface area contributed by atoms with Crippen LogP contribution in [-0.2, 0) is 13.6 Å². The summed E-state index contributed by atoms with van der Waals surface area (Å²) in [6.07, 6.45) is 7.23. The van der Waals surface area contributed by atoms with E-state index < -0.39 is 0 Å². The summed E-state index contributed by atoms with van der Waals surface area (Å²) in [6.45, 7) is 6.36. The van der Waals surface area contributed by atoms with Crippen molar-refractivity contribution in [2.45, 2.75) is 25.9 Å². The molecule has 9 nitrogen and oxygen atoms in total. The van der Waals surface area contributed by atoms with Crippen molar-refractivity contribution < 1.29 is 4.74 Å². The maximum absolute atomic E-state index is 6.29. The van der Waals surface area contributed by atoms with E-state index in [9.17, 15) is 0 Å². The summed E-state index contributed by atoms with van der Waals surface area (Å²) >= 11 is 0. The van der Waals surface area contributed by atoms with E-state index in [1.807, 2.05) is 17.9 Å². The molecule has 1 saturated heterocycles. The molecule has 0 amide bonds. The van der Waals surface area contributed by atoms with Gasteiger partial charge in [0.25, 0.3) is 0 Å². The Morgan fingerprint density at radius 1 is 1.09 bits per heavy atom. The molecule has 6 rings (SSSR count). The lowest BCUT2D eigenvalue weighted by atomic mass is 10.0. The Morgan fingerprint density at radius 2 is 1.97 bits per heavy atom. The third-order valence-electron chi connectivity index (χ3n) is 7.38. The summed E-state index contributed by atoms with van der Waals surface area (Å²) in [6, 6.07) is 6.82. The number of H-pyrrole nitrogens is 1. The van der Waals surface area contributed by atoms with E-state index >= 15 is 0 Å². The zero-order chi connectivity index (χ0) is 24.1. The van der Waals surface area contributed by atoms with Crippen LogP contribution in [0.15, 0.2) is 24.4 Å². The van der Waals surface area contributed by atoms with Gasteiger partial charge < -0.3 is 9.64 Å². The number of aromatic nitrogens is 6. The van der Waals surface area contributed by atoms with Gasteiger partial charge in [0.05, 0.1) is 34.7 Å². The van der Waals surface area contributed by atoms with Crippen LogP contribution >= 0.6 is 0 Å². The number of benzene rings is 1. The van der Waals surface area contributed by atoms with Crippen molar-refractivity contribution in [1.82, 2.24) is 39.6 Å². The maximum atomic E-state index is 6.29. The molecule has 1 N–H and O–H groups in total. The van der Waals surface area contributed by atoms with Crippen LogP contribution in [0, 0.1) is 6.92 Å². The fourth-order valence-electron chi connectivity index (χ4n) is 5.29. The zero-order valence-electron chi connectivity index (χ0n) is 20.8. The van der Waals surface area contributed by atoms with Crippen molar-refractivity contribution in [2.75, 3.05) is 40.3 Å². The topological polar surface area (TPSA) is 80.0 Å². The number of rotatable bonds is 1. The minimum atomic E-state index is 0.370. The standard InChI is InChI=1S/C26H32N8O/c1-17-20-6-8-24-21-13-18(5-7-23(21)28-29-24)22-14-27-33(4)25(22)16-32(3)11-12-35-26(20)30-34(17)19-9-10-31(2)15-19/h5-8,13-14,19H,9-12,15-16H2,1-4H3,(H,28,29)/b8-6+. The van der Waals surface area contributed by atoms with Crippen LogP contribution in [0.25, 0.3) is 34.2 Å². The number of nitrogens with zero attached hydrogens (tertiary/aromatic N) is 7. The van der Waals surface area contributed by atoms with Gasteiger partial charge in [-0.15, -0.1) is 5.10 Å². The lowest BCUT2D eigenvalue weighted by molar-refractivity contribution is 0.222. The number of ether oxygens (including phenoxy) is 1. The first kappa shape index (κ1) is 22.1. The Bertz CT molecular complexity index is 1410. The third kappa shape index (κ3) is 3.94. The highest BCUT2D eigenvalue weighted by atomic mass is 16.5. The summed E-state index contributed by atoms with van der Waals surface area (Å²) in [7, 11) is 6.29. The molecule has 5 heterocycles. The van der Waals surface area contributed by atoms with Gasteiger partial charge in [0.15, 0.2) is 0 Å². The van der Waals surface area contributed by atoms with E-state index in [-0.39, 0.29) is 0 Å². The molecule has 0 spiro atoms. The van der Waals surface area contributed by atoms with Gasteiger partial charge in [-0.1, -0.05) is 6.07 Å². The monoisotopic (exact) mass is 472 g/mol. The van der Waals surface area contributed by atoms with Crippen LogP contribution in [-0.4, -0.2) is 79.9 Å². The highest BCUT2D eigenvalue weighted by Crippen LogP contribution is 2.32. The van der Waals surface area contributed by atoms with Crippen molar-refractivity contribution in [1.29, 1.82) is 0 Å². The van der Waals surface area contributed by atoms with Gasteiger partial charge in [0, 0.05) is 43.3 Å². The predicted octanol–water partition coefficient (Wildman–Crippen LogP) is 3.34. The summed E-state index contributed by atoms with van der Waals surface area (Å²) in [5.74, 6) is 0.693. The number of aryl methyl sites for hydroxylation is 1. The van der Waals surface area contributed by atoms with Crippen molar-refractivity contribution in [3.8, 4) is 17.0 Å². The number of likely N-dealkylation sites (tertiary alicyclic amines) is 1. The Hall–Kier alpha value is -3.43. The molecule has 3 aromatic heterocycles. The summed E-state index contributed by atoms with van der Waals surface area (Å²) < 4.78 is 10.4. The summed E-state index contributed by atoms with van der Waals surface area (Å²) in [5.41, 5.74) is 7.53. The quantitative estimate of drug-likeness (QED) is 0.458. The Morgan fingerprint density at radius 3 is 2.80 bits per heavy atom. The molecule has 4 aromatic rings. The molecule has 0 aliphatic carbocycles. The van der Waals surface area contributed by atoms with E-state index in [0.29, 0.717) is 18.5 Å². The van der Waals surface area contributed by atoms with Crippen molar-refractivity contribution in [3.63, 3.8) is 0 Å². The van der Waals surface area contributed by atoms with Crippen molar-refractivity contribution in [2.24, 2.45) is 7.05 Å². The van der Waals surface area contributed by atoms with Crippen molar-refractivity contribution >= 4 is 23.1 Å². The Labute approximate surface area is 205 Å². The number of likely N-dealkylation sites (N-methyl/N-ethyl adjacent to an activating group) is 2. The molecule has 0 radical (unpaired) electrons. The van der Waals surface area contributed by atoms with Gasteiger partial charge in [-0.3, -0.25) is 19.4 Å². The van der Waals surface area contributed by atoms with E-state index in [1.165, 1.54) is 5.69 Å². The van der Waals surface area contributed by atoms with Gasteiger partial charge >= 0.3 is 0 Å². The fourth-order valence-corrected chi connectivity index (χ4v) is 5.29. The number of fused-ring (bicyclic) bond motifs is 4. The van der Waals surface area contributed by atoms with Gasteiger partial charge in [-0.2, -0.15) is 10.2 Å². The highest BCUT2D eigenvalue weighted by molar-refractivity contribution is 5.93. The van der Waals surface area contributed by atoms with E-state index in [4.69, 9.17) is 9.84 Å². The largest absolute Gasteiger partial charge is 0.475 e. The van der Waals surface area contributed by atoms with Crippen LogP contribution in [0.5, 0.6) is 5.88 Å². The molecule has 9 heteroatoms. The second-order valence-corrected chi connectivity index (χ2v) is 9.87. The number of hydrogen-bond donors (Lipinski definition) is 1. The Kier molecular flexibility index (Phi) is 5.46. The molecule has 0 saturated carbocycles. The lowest BCUT2D eigenvalue weighted by Crippen LogP contribution is -2.25. The minimum absolute atomic E-state index is 0.370. The van der Waals surface area contributed by atoms with Crippen LogP contribution < -0.4 is 4.74 Å². The molecule has 1 fully saturated rings. The molecule has 2 aliphatic rings. The minimum Gasteiger partial charge on any atom is -0.475 e. The van der Waals surface area contributed by atoms with Gasteiger partial charge in [0.2, 0.25) is 5.88 Å². The average molecular weight is 473 g/mol. The molecule has 35 heavy (non-hydrogen) atoms. The van der Waals surface area contributed by atoms with Crippen LogP contribution in [0.2, 0.25) is 0 Å². The highest BCUT2D eigenvalue weighted by Gasteiger charge is 2.26. The molecule has 2 aliphatic heterocycles. The molecular weight excluding hydrogens is 440 g/mol. The van der Waals surface area contributed by atoms with E-state index in [2.05, 4.69) is 81.1 Å². The Balaban J connectivity index is 1.46. The predicted molar refractivity (Wildman–Crippen MR) is 137 cm³/mol. The second-order valence-electron chi connectivity index (χ2n) is 9.87. The SMILES string of the molecule is Cc1c2c(nn1C1CCN(C)C1)OCCN(C)Cc1c(cnn1C)-c1ccc3[nH]nc(c3c1)/C=C/2. The van der Waals surface area contributed by atoms with Gasteiger partial charge in [0.1, 0.15) is 6.61 Å². The third-order valence-corrected chi connectivity index (χ3v) is 7.38. The first-order valence-electron chi connectivity index (χ1n) is 12.2. The normalized spacial score (nSPS) is 20.4. The van der Waals surface area contributed by atoms with Gasteiger partial charge in [-0.25, -0.2) is 0 Å². The van der Waals surface area contributed by atoms with E-state index in [1.54, 1.807) is 0 Å². The van der Waals surface area contributed by atoms with Crippen LogP contribution in [0.4, 0.5) is 0 Å². The summed E-state index contributed by atoms with van der Waals surface area (Å²) in [5, 5.41) is 18.4. The molecule has 1 atom stereocenters. The molecule has 2 bridgehead atoms. The van der Waals surface area contributed by atoms with E-state index in [0.717, 1.165) is 71.6 Å². The van der Waals surface area contributed by atoms with Crippen molar-refractivity contribution in [3.05, 3.63) is 47.0 Å². The molecule has 1 unspecified atom stereocenters. The fraction of sp³-hybridized carbons (Fsp3) is 0.423. The number of nitrogens with one attached hydrogen (secondary N) is 1.